The number of carbonyl (C=O) groups is 1. The average Bonchev–Trinajstić information content (AvgIpc) is 3.08. The molecule has 2 heterocycles. The fourth-order valence-corrected chi connectivity index (χ4v) is 5.84. The Balaban J connectivity index is 1.65. The number of hydrogen-bond acceptors (Lipinski definition) is 4. The summed E-state index contributed by atoms with van der Waals surface area (Å²) in [6.45, 7) is 3.80. The molecule has 0 aromatic heterocycles. The van der Waals surface area contributed by atoms with Gasteiger partial charge >= 0.3 is 0 Å². The number of amides is 1. The van der Waals surface area contributed by atoms with E-state index < -0.39 is 14.6 Å². The van der Waals surface area contributed by atoms with Gasteiger partial charge in [0.05, 0.1) is 12.4 Å². The van der Waals surface area contributed by atoms with Crippen molar-refractivity contribution in [1.82, 2.24) is 4.90 Å². The maximum Gasteiger partial charge on any atom is 0.222 e. The summed E-state index contributed by atoms with van der Waals surface area (Å²) in [6, 6.07) is 0. The number of nitrogens with zero attached hydrogens (tertiary/aromatic N) is 1. The lowest BCUT2D eigenvalue weighted by atomic mass is 9.83. The molecule has 1 aliphatic carbocycles. The van der Waals surface area contributed by atoms with Gasteiger partial charge in [0.2, 0.25) is 5.91 Å². The molecule has 3 aliphatic rings. The van der Waals surface area contributed by atoms with Gasteiger partial charge in [-0.05, 0) is 32.1 Å². The molecule has 3 rings (SSSR count). The van der Waals surface area contributed by atoms with Crippen LogP contribution in [0.15, 0.2) is 0 Å². The van der Waals surface area contributed by atoms with Crippen molar-refractivity contribution in [2.75, 3.05) is 32.1 Å². The number of sulfone groups is 1. The van der Waals surface area contributed by atoms with Gasteiger partial charge in [0.25, 0.3) is 0 Å². The summed E-state index contributed by atoms with van der Waals surface area (Å²) in [4.78, 5) is 13.8. The van der Waals surface area contributed by atoms with Crippen molar-refractivity contribution in [3.05, 3.63) is 0 Å². The Labute approximate surface area is 120 Å². The quantitative estimate of drug-likeness (QED) is 0.755. The molecule has 5 nitrogen and oxygen atoms in total. The molecule has 6 heteroatoms. The van der Waals surface area contributed by atoms with Crippen LogP contribution in [0.2, 0.25) is 0 Å². The lowest BCUT2D eigenvalue weighted by molar-refractivity contribution is -0.138. The lowest BCUT2D eigenvalue weighted by Gasteiger charge is -2.50. The van der Waals surface area contributed by atoms with E-state index in [9.17, 15) is 13.2 Å². The summed E-state index contributed by atoms with van der Waals surface area (Å²) in [6.07, 6.45) is 3.57. The first-order chi connectivity index (χ1) is 9.48. The van der Waals surface area contributed by atoms with E-state index in [1.54, 1.807) is 4.90 Å². The molecule has 0 aromatic carbocycles. The zero-order chi connectivity index (χ0) is 14.4. The molecular weight excluding hydrogens is 278 g/mol. The summed E-state index contributed by atoms with van der Waals surface area (Å²) in [5.74, 6) is 0.987. The molecule has 1 atom stereocenters. The van der Waals surface area contributed by atoms with Crippen LogP contribution < -0.4 is 0 Å². The van der Waals surface area contributed by atoms with Gasteiger partial charge in [-0.15, -0.1) is 0 Å². The molecule has 1 saturated carbocycles. The van der Waals surface area contributed by atoms with Crippen LogP contribution in [0.5, 0.6) is 0 Å². The summed E-state index contributed by atoms with van der Waals surface area (Å²) in [7, 11) is -3.08. The Morgan fingerprint density at radius 2 is 2.00 bits per heavy atom. The average molecular weight is 301 g/mol. The molecule has 1 spiro atoms. The standard InChI is InChI=1S/C14H23NO4S/c1-2-19-8-12-5-6-20(17,18)14(12)9-15(10-14)13(16)7-11-3-4-11/h11-12H,2-10H2,1H3. The number of carbonyl (C=O) groups excluding carboxylic acids is 1. The van der Waals surface area contributed by atoms with E-state index in [4.69, 9.17) is 4.74 Å². The van der Waals surface area contributed by atoms with Crippen LogP contribution in [-0.4, -0.2) is 56.0 Å². The Morgan fingerprint density at radius 3 is 2.60 bits per heavy atom. The highest BCUT2D eigenvalue weighted by Gasteiger charge is 2.62. The van der Waals surface area contributed by atoms with Crippen molar-refractivity contribution in [2.24, 2.45) is 11.8 Å². The molecule has 2 saturated heterocycles. The topological polar surface area (TPSA) is 63.7 Å². The molecule has 0 radical (unpaired) electrons. The van der Waals surface area contributed by atoms with Crippen LogP contribution in [-0.2, 0) is 19.4 Å². The van der Waals surface area contributed by atoms with Gasteiger partial charge in [0, 0.05) is 32.0 Å². The summed E-state index contributed by atoms with van der Waals surface area (Å²) in [5, 5.41) is 0. The van der Waals surface area contributed by atoms with Crippen LogP contribution in [0, 0.1) is 11.8 Å². The number of rotatable bonds is 5. The Hall–Kier alpha value is -0.620. The molecule has 2 aliphatic heterocycles. The minimum atomic E-state index is -3.08. The minimum Gasteiger partial charge on any atom is -0.381 e. The smallest absolute Gasteiger partial charge is 0.222 e. The third kappa shape index (κ3) is 2.26. The number of hydrogen-bond donors (Lipinski definition) is 0. The third-order valence-electron chi connectivity index (χ3n) is 5.05. The maximum atomic E-state index is 12.3. The van der Waals surface area contributed by atoms with Crippen LogP contribution in [0.1, 0.15) is 32.6 Å². The first-order valence-corrected chi connectivity index (χ1v) is 9.21. The Kier molecular flexibility index (Phi) is 3.57. The Morgan fingerprint density at radius 1 is 1.30 bits per heavy atom. The highest BCUT2D eigenvalue weighted by atomic mass is 32.2. The van der Waals surface area contributed by atoms with Gasteiger partial charge in [-0.25, -0.2) is 8.42 Å². The normalized spacial score (nSPS) is 30.4. The van der Waals surface area contributed by atoms with Crippen molar-refractivity contribution >= 4 is 15.7 Å². The van der Waals surface area contributed by atoms with Gasteiger partial charge in [-0.2, -0.15) is 0 Å². The third-order valence-corrected chi connectivity index (χ3v) is 7.65. The van der Waals surface area contributed by atoms with E-state index in [1.807, 2.05) is 6.92 Å². The molecular formula is C14H23NO4S. The van der Waals surface area contributed by atoms with Crippen LogP contribution in [0.3, 0.4) is 0 Å². The molecule has 20 heavy (non-hydrogen) atoms. The number of ether oxygens (including phenoxy) is 1. The second-order valence-corrected chi connectivity index (χ2v) is 8.88. The second-order valence-electron chi connectivity index (χ2n) is 6.43. The second kappa shape index (κ2) is 4.98. The summed E-state index contributed by atoms with van der Waals surface area (Å²) >= 11 is 0. The van der Waals surface area contributed by atoms with E-state index >= 15 is 0 Å². The van der Waals surface area contributed by atoms with Crippen molar-refractivity contribution in [1.29, 1.82) is 0 Å². The first kappa shape index (κ1) is 14.3. The molecule has 1 unspecified atom stereocenters. The highest BCUT2D eigenvalue weighted by molar-refractivity contribution is 7.93. The van der Waals surface area contributed by atoms with Crippen molar-refractivity contribution < 1.29 is 17.9 Å². The predicted octanol–water partition coefficient (Wildman–Crippen LogP) is 0.839. The fourth-order valence-electron chi connectivity index (χ4n) is 3.44. The largest absolute Gasteiger partial charge is 0.381 e. The van der Waals surface area contributed by atoms with Gasteiger partial charge in [-0.1, -0.05) is 0 Å². The zero-order valence-corrected chi connectivity index (χ0v) is 12.8. The van der Waals surface area contributed by atoms with Crippen LogP contribution in [0.4, 0.5) is 0 Å². The van der Waals surface area contributed by atoms with E-state index in [1.165, 1.54) is 0 Å². The van der Waals surface area contributed by atoms with Crippen LogP contribution >= 0.6 is 0 Å². The lowest BCUT2D eigenvalue weighted by Crippen LogP contribution is -2.68. The van der Waals surface area contributed by atoms with Crippen molar-refractivity contribution in [3.8, 4) is 0 Å². The summed E-state index contributed by atoms with van der Waals surface area (Å²) in [5.41, 5.74) is 0. The van der Waals surface area contributed by atoms with Gasteiger partial charge in [0.15, 0.2) is 9.84 Å². The maximum absolute atomic E-state index is 12.3. The summed E-state index contributed by atoms with van der Waals surface area (Å²) < 4.78 is 29.4. The van der Waals surface area contributed by atoms with E-state index in [2.05, 4.69) is 0 Å². The molecule has 0 aromatic rings. The van der Waals surface area contributed by atoms with Crippen molar-refractivity contribution in [2.45, 2.75) is 37.4 Å². The van der Waals surface area contributed by atoms with Crippen molar-refractivity contribution in [3.63, 3.8) is 0 Å². The van der Waals surface area contributed by atoms with E-state index in [0.717, 1.165) is 12.8 Å². The minimum absolute atomic E-state index is 0.0532. The predicted molar refractivity (Wildman–Crippen MR) is 75.0 cm³/mol. The highest BCUT2D eigenvalue weighted by Crippen LogP contribution is 2.45. The molecule has 0 bridgehead atoms. The molecule has 1 amide bonds. The van der Waals surface area contributed by atoms with E-state index in [0.29, 0.717) is 45.1 Å². The number of likely N-dealkylation sites (tertiary alicyclic amines) is 1. The van der Waals surface area contributed by atoms with Gasteiger partial charge in [-0.3, -0.25) is 4.79 Å². The molecule has 114 valence electrons. The molecule has 3 fully saturated rings. The van der Waals surface area contributed by atoms with E-state index in [-0.39, 0.29) is 17.6 Å². The zero-order valence-electron chi connectivity index (χ0n) is 12.0. The fraction of sp³-hybridized carbons (Fsp3) is 0.929. The van der Waals surface area contributed by atoms with Gasteiger partial charge < -0.3 is 9.64 Å². The molecule has 0 N–H and O–H groups in total. The Bertz CT molecular complexity index is 491. The van der Waals surface area contributed by atoms with Crippen LogP contribution in [0.25, 0.3) is 0 Å². The SMILES string of the molecule is CCOCC1CCS(=O)(=O)C12CN(C(=O)CC1CC1)C2. The van der Waals surface area contributed by atoms with Gasteiger partial charge in [0.1, 0.15) is 4.75 Å². The monoisotopic (exact) mass is 301 g/mol. The first-order valence-electron chi connectivity index (χ1n) is 7.56.